The number of hydrogen-bond donors (Lipinski definition) is 1. The second-order valence-corrected chi connectivity index (χ2v) is 3.37. The smallest absolute Gasteiger partial charge is 0.395 e. The summed E-state index contributed by atoms with van der Waals surface area (Å²) in [6.07, 6.45) is -2.81. The Balaban J connectivity index is 2.26. The molecule has 0 fully saturated rings. The van der Waals surface area contributed by atoms with Crippen molar-refractivity contribution >= 4 is 12.6 Å². The predicted octanol–water partition coefficient (Wildman–Crippen LogP) is 2.48. The van der Waals surface area contributed by atoms with Gasteiger partial charge < -0.3 is 9.47 Å². The molecule has 0 unspecified atom stereocenters. The fraction of sp³-hybridized carbons (Fsp3) is 0.333. The summed E-state index contributed by atoms with van der Waals surface area (Å²) in [7, 11) is 0. The standard InChI is InChI=1S/C9H8F2O2S/c10-9(11)12-7-2-1-6(3-4-14)5-8(7)13-9/h1-2,5,14H,3-4H2. The highest BCUT2D eigenvalue weighted by atomic mass is 32.1. The molecule has 0 aromatic heterocycles. The third-order valence-corrected chi connectivity index (χ3v) is 2.09. The Hall–Kier alpha value is -0.970. The quantitative estimate of drug-likeness (QED) is 0.769. The Labute approximate surface area is 85.2 Å². The van der Waals surface area contributed by atoms with E-state index >= 15 is 0 Å². The molecule has 1 aromatic rings. The molecule has 1 heterocycles. The van der Waals surface area contributed by atoms with Gasteiger partial charge in [-0.3, -0.25) is 0 Å². The highest BCUT2D eigenvalue weighted by Crippen LogP contribution is 2.41. The average molecular weight is 218 g/mol. The summed E-state index contributed by atoms with van der Waals surface area (Å²) in [6, 6.07) is 4.75. The molecule has 0 N–H and O–H groups in total. The fourth-order valence-corrected chi connectivity index (χ4v) is 1.54. The van der Waals surface area contributed by atoms with E-state index in [1.165, 1.54) is 6.07 Å². The summed E-state index contributed by atoms with van der Waals surface area (Å²) in [5.74, 6) is 0.836. The summed E-state index contributed by atoms with van der Waals surface area (Å²) in [5.41, 5.74) is 0.903. The Morgan fingerprint density at radius 2 is 1.93 bits per heavy atom. The second kappa shape index (κ2) is 3.31. The van der Waals surface area contributed by atoms with E-state index in [2.05, 4.69) is 22.1 Å². The largest absolute Gasteiger partial charge is 0.586 e. The lowest BCUT2D eigenvalue weighted by atomic mass is 10.1. The molecule has 2 nitrogen and oxygen atoms in total. The second-order valence-electron chi connectivity index (χ2n) is 2.92. The van der Waals surface area contributed by atoms with Crippen molar-refractivity contribution in [1.82, 2.24) is 0 Å². The van der Waals surface area contributed by atoms with Gasteiger partial charge in [0.2, 0.25) is 0 Å². The van der Waals surface area contributed by atoms with E-state index in [1.807, 2.05) is 0 Å². The zero-order valence-corrected chi connectivity index (χ0v) is 8.06. The molecular formula is C9H8F2O2S. The van der Waals surface area contributed by atoms with Gasteiger partial charge in [-0.15, -0.1) is 8.78 Å². The zero-order chi connectivity index (χ0) is 10.2. The van der Waals surface area contributed by atoms with E-state index in [-0.39, 0.29) is 11.5 Å². The van der Waals surface area contributed by atoms with Gasteiger partial charge in [-0.25, -0.2) is 0 Å². The van der Waals surface area contributed by atoms with E-state index in [1.54, 1.807) is 12.1 Å². The van der Waals surface area contributed by atoms with Crippen LogP contribution in [0.3, 0.4) is 0 Å². The number of aryl methyl sites for hydroxylation is 1. The van der Waals surface area contributed by atoms with Crippen molar-refractivity contribution in [3.8, 4) is 11.5 Å². The molecule has 0 saturated carbocycles. The first kappa shape index (κ1) is 9.58. The number of thiol groups is 1. The predicted molar refractivity (Wildman–Crippen MR) is 50.2 cm³/mol. The number of halogens is 2. The first-order chi connectivity index (χ1) is 6.61. The van der Waals surface area contributed by atoms with Crippen molar-refractivity contribution in [3.63, 3.8) is 0 Å². The molecule has 0 amide bonds. The topological polar surface area (TPSA) is 18.5 Å². The molecule has 0 atom stereocenters. The summed E-state index contributed by atoms with van der Waals surface area (Å²) in [4.78, 5) is 0. The van der Waals surface area contributed by atoms with Crippen LogP contribution in [0.4, 0.5) is 8.78 Å². The summed E-state index contributed by atoms with van der Waals surface area (Å²) >= 11 is 4.05. The van der Waals surface area contributed by atoms with Crippen LogP contribution in [0.5, 0.6) is 11.5 Å². The van der Waals surface area contributed by atoms with E-state index in [4.69, 9.17) is 0 Å². The van der Waals surface area contributed by atoms with Gasteiger partial charge in [-0.05, 0) is 29.9 Å². The van der Waals surface area contributed by atoms with Gasteiger partial charge in [0.15, 0.2) is 11.5 Å². The zero-order valence-electron chi connectivity index (χ0n) is 7.17. The minimum Gasteiger partial charge on any atom is -0.395 e. The maximum atomic E-state index is 12.6. The van der Waals surface area contributed by atoms with Gasteiger partial charge in [0.1, 0.15) is 0 Å². The first-order valence-corrected chi connectivity index (χ1v) is 4.73. The normalized spacial score (nSPS) is 17.1. The lowest BCUT2D eigenvalue weighted by Gasteiger charge is -2.04. The number of rotatable bonds is 2. The van der Waals surface area contributed by atoms with Crippen LogP contribution < -0.4 is 9.47 Å². The lowest BCUT2D eigenvalue weighted by Crippen LogP contribution is -2.25. The van der Waals surface area contributed by atoms with Crippen LogP contribution >= 0.6 is 12.6 Å². The minimum atomic E-state index is -3.53. The molecule has 0 spiro atoms. The van der Waals surface area contributed by atoms with Crippen LogP contribution in [0, 0.1) is 0 Å². The van der Waals surface area contributed by atoms with E-state index in [0.717, 1.165) is 5.56 Å². The number of fused-ring (bicyclic) bond motifs is 1. The van der Waals surface area contributed by atoms with Gasteiger partial charge >= 0.3 is 6.29 Å². The highest BCUT2D eigenvalue weighted by molar-refractivity contribution is 7.80. The maximum absolute atomic E-state index is 12.6. The average Bonchev–Trinajstić information content (AvgIpc) is 2.38. The van der Waals surface area contributed by atoms with Crippen molar-refractivity contribution in [2.75, 3.05) is 5.75 Å². The molecular weight excluding hydrogens is 210 g/mol. The SMILES string of the molecule is FC1(F)Oc2ccc(CCS)cc2O1. The van der Waals surface area contributed by atoms with Gasteiger partial charge in [0.25, 0.3) is 0 Å². The van der Waals surface area contributed by atoms with Crippen molar-refractivity contribution in [2.45, 2.75) is 12.7 Å². The Morgan fingerprint density at radius 3 is 2.64 bits per heavy atom. The number of benzene rings is 1. The van der Waals surface area contributed by atoms with Gasteiger partial charge in [-0.1, -0.05) is 6.07 Å². The van der Waals surface area contributed by atoms with Crippen molar-refractivity contribution in [2.24, 2.45) is 0 Å². The molecule has 0 aliphatic carbocycles. The number of alkyl halides is 2. The van der Waals surface area contributed by atoms with Crippen molar-refractivity contribution in [1.29, 1.82) is 0 Å². The molecule has 1 aliphatic rings. The van der Waals surface area contributed by atoms with Crippen molar-refractivity contribution < 1.29 is 18.3 Å². The number of hydrogen-bond acceptors (Lipinski definition) is 3. The molecule has 5 heteroatoms. The van der Waals surface area contributed by atoms with Crippen LogP contribution in [-0.4, -0.2) is 12.0 Å². The third-order valence-electron chi connectivity index (χ3n) is 1.87. The van der Waals surface area contributed by atoms with Crippen molar-refractivity contribution in [3.05, 3.63) is 23.8 Å². The van der Waals surface area contributed by atoms with E-state index in [9.17, 15) is 8.78 Å². The lowest BCUT2D eigenvalue weighted by molar-refractivity contribution is -0.286. The molecule has 0 bridgehead atoms. The maximum Gasteiger partial charge on any atom is 0.586 e. The highest BCUT2D eigenvalue weighted by Gasteiger charge is 2.43. The third kappa shape index (κ3) is 1.77. The van der Waals surface area contributed by atoms with Crippen LogP contribution in [-0.2, 0) is 6.42 Å². The van der Waals surface area contributed by atoms with E-state index < -0.39 is 6.29 Å². The van der Waals surface area contributed by atoms with Crippen LogP contribution in [0.2, 0.25) is 0 Å². The summed E-state index contributed by atoms with van der Waals surface area (Å²) in [5, 5.41) is 0. The molecule has 1 aromatic carbocycles. The van der Waals surface area contributed by atoms with E-state index in [0.29, 0.717) is 12.2 Å². The Bertz CT molecular complexity index is 355. The van der Waals surface area contributed by atoms with Gasteiger partial charge in [0.05, 0.1) is 0 Å². The molecule has 0 radical (unpaired) electrons. The van der Waals surface area contributed by atoms with Crippen LogP contribution in [0.25, 0.3) is 0 Å². The Kier molecular flexibility index (Phi) is 2.26. The van der Waals surface area contributed by atoms with Gasteiger partial charge in [-0.2, -0.15) is 12.6 Å². The van der Waals surface area contributed by atoms with Gasteiger partial charge in [0, 0.05) is 0 Å². The molecule has 1 aliphatic heterocycles. The summed E-state index contributed by atoms with van der Waals surface area (Å²) in [6.45, 7) is 0. The van der Waals surface area contributed by atoms with Crippen LogP contribution in [0.1, 0.15) is 5.56 Å². The first-order valence-electron chi connectivity index (χ1n) is 4.10. The molecule has 76 valence electrons. The minimum absolute atomic E-state index is 0.0814. The monoisotopic (exact) mass is 218 g/mol. The molecule has 14 heavy (non-hydrogen) atoms. The van der Waals surface area contributed by atoms with Crippen LogP contribution in [0.15, 0.2) is 18.2 Å². The molecule has 2 rings (SSSR count). The Morgan fingerprint density at radius 1 is 1.21 bits per heavy atom. The molecule has 0 saturated heterocycles. The fourth-order valence-electron chi connectivity index (χ4n) is 1.28. The number of ether oxygens (including phenoxy) is 2. The summed E-state index contributed by atoms with van der Waals surface area (Å²) < 4.78 is 33.7.